The molecule has 1 N–H and O–H groups in total. The van der Waals surface area contributed by atoms with Crippen molar-refractivity contribution in [3.8, 4) is 0 Å². The Morgan fingerprint density at radius 2 is 1.53 bits per heavy atom. The molecule has 2 aliphatic rings. The lowest BCUT2D eigenvalue weighted by atomic mass is 9.89. The maximum atomic E-state index is 13.6. The fraction of sp³-hybridized carbons (Fsp3) is 0.333. The average molecular weight is 547 g/mol. The molecule has 2 saturated heterocycles. The molecule has 0 aliphatic carbocycles. The molecule has 3 aromatic carbocycles. The SMILES string of the molecule is O=C(Nc1ccc(N2CCC(Cc3ccccc3)CC2)c(C(=O)N2CCCC2)c1)c1ccccc1Br. The summed E-state index contributed by atoms with van der Waals surface area (Å²) in [5, 5.41) is 2.99. The van der Waals surface area contributed by atoms with Crippen molar-refractivity contribution in [3.63, 3.8) is 0 Å². The van der Waals surface area contributed by atoms with Crippen molar-refractivity contribution in [2.24, 2.45) is 5.92 Å². The third-order valence-corrected chi connectivity index (χ3v) is 8.01. The average Bonchev–Trinajstić information content (AvgIpc) is 3.45. The first kappa shape index (κ1) is 24.6. The van der Waals surface area contributed by atoms with Crippen molar-refractivity contribution >= 4 is 39.1 Å². The Labute approximate surface area is 221 Å². The van der Waals surface area contributed by atoms with Gasteiger partial charge < -0.3 is 15.1 Å². The van der Waals surface area contributed by atoms with Crippen LogP contribution in [0, 0.1) is 5.92 Å². The Morgan fingerprint density at radius 1 is 0.833 bits per heavy atom. The first-order chi connectivity index (χ1) is 17.6. The minimum absolute atomic E-state index is 0.0610. The Bertz CT molecular complexity index is 1220. The molecule has 0 radical (unpaired) electrons. The highest BCUT2D eigenvalue weighted by Crippen LogP contribution is 2.32. The van der Waals surface area contributed by atoms with Gasteiger partial charge in [0.25, 0.3) is 11.8 Å². The lowest BCUT2D eigenvalue weighted by Gasteiger charge is -2.35. The molecule has 6 heteroatoms. The van der Waals surface area contributed by atoms with Gasteiger partial charge in [0.1, 0.15) is 0 Å². The third-order valence-electron chi connectivity index (χ3n) is 7.32. The first-order valence-electron chi connectivity index (χ1n) is 12.9. The highest BCUT2D eigenvalue weighted by Gasteiger charge is 2.27. The number of benzene rings is 3. The molecule has 0 atom stereocenters. The molecule has 2 fully saturated rings. The van der Waals surface area contributed by atoms with E-state index in [1.165, 1.54) is 5.56 Å². The molecule has 5 rings (SSSR count). The number of carbonyl (C=O) groups is 2. The van der Waals surface area contributed by atoms with E-state index >= 15 is 0 Å². The quantitative estimate of drug-likeness (QED) is 0.390. The van der Waals surface area contributed by atoms with E-state index in [4.69, 9.17) is 0 Å². The number of anilines is 2. The second kappa shape index (κ2) is 11.3. The Hall–Kier alpha value is -3.12. The van der Waals surface area contributed by atoms with E-state index in [0.717, 1.165) is 68.4 Å². The number of nitrogens with zero attached hydrogens (tertiary/aromatic N) is 2. The summed E-state index contributed by atoms with van der Waals surface area (Å²) in [5.41, 5.74) is 4.26. The third kappa shape index (κ3) is 5.65. The summed E-state index contributed by atoms with van der Waals surface area (Å²) in [6.07, 6.45) is 5.41. The van der Waals surface area contributed by atoms with Gasteiger partial charge >= 0.3 is 0 Å². The maximum absolute atomic E-state index is 13.6. The molecular weight excluding hydrogens is 514 g/mol. The maximum Gasteiger partial charge on any atom is 0.256 e. The van der Waals surface area contributed by atoms with E-state index in [2.05, 4.69) is 56.5 Å². The predicted molar refractivity (Wildman–Crippen MR) is 149 cm³/mol. The molecule has 2 aliphatic heterocycles. The molecule has 0 unspecified atom stereocenters. The Balaban J connectivity index is 1.34. The highest BCUT2D eigenvalue weighted by atomic mass is 79.9. The number of rotatable bonds is 6. The standard InChI is InChI=1S/C30H32BrN3O2/c31-27-11-5-4-10-25(27)29(35)32-24-12-13-28(26(21-24)30(36)34-16-6-7-17-34)33-18-14-23(15-19-33)20-22-8-2-1-3-9-22/h1-5,8-13,21,23H,6-7,14-20H2,(H,32,35). The van der Waals surface area contributed by atoms with Gasteiger partial charge in [-0.25, -0.2) is 0 Å². The van der Waals surface area contributed by atoms with Gasteiger partial charge in [0.15, 0.2) is 0 Å². The largest absolute Gasteiger partial charge is 0.371 e. The molecule has 2 amide bonds. The zero-order chi connectivity index (χ0) is 24.9. The molecule has 186 valence electrons. The smallest absolute Gasteiger partial charge is 0.256 e. The van der Waals surface area contributed by atoms with Crippen molar-refractivity contribution < 1.29 is 9.59 Å². The summed E-state index contributed by atoms with van der Waals surface area (Å²) in [5.74, 6) is 0.520. The van der Waals surface area contributed by atoms with Gasteiger partial charge in [0.05, 0.1) is 11.1 Å². The number of hydrogen-bond acceptors (Lipinski definition) is 3. The molecule has 0 aromatic heterocycles. The normalized spacial score (nSPS) is 16.2. The monoisotopic (exact) mass is 545 g/mol. The number of likely N-dealkylation sites (tertiary alicyclic amines) is 1. The van der Waals surface area contributed by atoms with Crippen LogP contribution in [0.25, 0.3) is 0 Å². The van der Waals surface area contributed by atoms with E-state index < -0.39 is 0 Å². The second-order valence-corrected chi connectivity index (χ2v) is 10.6. The van der Waals surface area contributed by atoms with E-state index in [0.29, 0.717) is 22.7 Å². The van der Waals surface area contributed by atoms with Gasteiger partial charge in [-0.2, -0.15) is 0 Å². The molecule has 36 heavy (non-hydrogen) atoms. The van der Waals surface area contributed by atoms with Gasteiger partial charge in [-0.3, -0.25) is 9.59 Å². The van der Waals surface area contributed by atoms with Crippen LogP contribution in [0.1, 0.15) is 52.0 Å². The van der Waals surface area contributed by atoms with Gasteiger partial charge in [-0.05, 0) is 89.8 Å². The molecular formula is C30H32BrN3O2. The highest BCUT2D eigenvalue weighted by molar-refractivity contribution is 9.10. The lowest BCUT2D eigenvalue weighted by Crippen LogP contribution is -2.36. The van der Waals surface area contributed by atoms with Crippen molar-refractivity contribution in [1.29, 1.82) is 0 Å². The van der Waals surface area contributed by atoms with Crippen LogP contribution in [-0.4, -0.2) is 42.9 Å². The van der Waals surface area contributed by atoms with Crippen LogP contribution in [-0.2, 0) is 6.42 Å². The summed E-state index contributed by atoms with van der Waals surface area (Å²) in [7, 11) is 0. The molecule has 0 saturated carbocycles. The van der Waals surface area contributed by atoms with Crippen LogP contribution in [0.2, 0.25) is 0 Å². The molecule has 5 nitrogen and oxygen atoms in total. The summed E-state index contributed by atoms with van der Waals surface area (Å²) >= 11 is 3.45. The minimum Gasteiger partial charge on any atom is -0.371 e. The van der Waals surface area contributed by atoms with E-state index in [1.54, 1.807) is 6.07 Å². The van der Waals surface area contributed by atoms with Gasteiger partial charge in [0, 0.05) is 42.0 Å². The summed E-state index contributed by atoms with van der Waals surface area (Å²) in [6.45, 7) is 3.46. The number of nitrogens with one attached hydrogen (secondary N) is 1. The second-order valence-electron chi connectivity index (χ2n) is 9.79. The number of amides is 2. The molecule has 3 aromatic rings. The van der Waals surface area contributed by atoms with E-state index in [9.17, 15) is 9.59 Å². The van der Waals surface area contributed by atoms with Gasteiger partial charge in [-0.15, -0.1) is 0 Å². The fourth-order valence-corrected chi connectivity index (χ4v) is 5.79. The van der Waals surface area contributed by atoms with Crippen molar-refractivity contribution in [3.05, 3.63) is 94.0 Å². The predicted octanol–water partition coefficient (Wildman–Crippen LogP) is 6.40. The Kier molecular flexibility index (Phi) is 7.71. The molecule has 2 heterocycles. The van der Waals surface area contributed by atoms with Gasteiger partial charge in [0.2, 0.25) is 0 Å². The summed E-state index contributed by atoms with van der Waals surface area (Å²) < 4.78 is 0.742. The van der Waals surface area contributed by atoms with Crippen molar-refractivity contribution in [2.45, 2.75) is 32.1 Å². The zero-order valence-electron chi connectivity index (χ0n) is 20.5. The fourth-order valence-electron chi connectivity index (χ4n) is 5.32. The van der Waals surface area contributed by atoms with Crippen LogP contribution in [0.4, 0.5) is 11.4 Å². The van der Waals surface area contributed by atoms with Crippen LogP contribution in [0.3, 0.4) is 0 Å². The van der Waals surface area contributed by atoms with Crippen LogP contribution < -0.4 is 10.2 Å². The number of piperidine rings is 1. The summed E-state index contributed by atoms with van der Waals surface area (Å²) in [4.78, 5) is 30.8. The zero-order valence-corrected chi connectivity index (χ0v) is 22.0. The van der Waals surface area contributed by atoms with Crippen LogP contribution in [0.15, 0.2) is 77.3 Å². The minimum atomic E-state index is -0.198. The number of carbonyl (C=O) groups excluding carboxylic acids is 2. The lowest BCUT2D eigenvalue weighted by molar-refractivity contribution is 0.0793. The number of hydrogen-bond donors (Lipinski definition) is 1. The molecule has 0 spiro atoms. The van der Waals surface area contributed by atoms with Crippen LogP contribution in [0.5, 0.6) is 0 Å². The van der Waals surface area contributed by atoms with Gasteiger partial charge in [-0.1, -0.05) is 42.5 Å². The van der Waals surface area contributed by atoms with Crippen molar-refractivity contribution in [2.75, 3.05) is 36.4 Å². The van der Waals surface area contributed by atoms with E-state index in [1.807, 2.05) is 41.3 Å². The van der Waals surface area contributed by atoms with Crippen LogP contribution >= 0.6 is 15.9 Å². The first-order valence-corrected chi connectivity index (χ1v) is 13.7. The topological polar surface area (TPSA) is 52.7 Å². The molecule has 0 bridgehead atoms. The summed E-state index contributed by atoms with van der Waals surface area (Å²) in [6, 6.07) is 23.8. The van der Waals surface area contributed by atoms with Crippen molar-refractivity contribution in [1.82, 2.24) is 4.90 Å². The van der Waals surface area contributed by atoms with E-state index in [-0.39, 0.29) is 11.8 Å². The number of halogens is 1. The Morgan fingerprint density at radius 3 is 2.25 bits per heavy atom.